The first kappa shape index (κ1) is 25.2. The average molecular weight is 579 g/mol. The number of hydrogen-bond acceptors (Lipinski definition) is 5. The lowest BCUT2D eigenvalue weighted by Gasteiger charge is -2.18. The van der Waals surface area contributed by atoms with Crippen molar-refractivity contribution in [1.29, 1.82) is 0 Å². The van der Waals surface area contributed by atoms with Crippen molar-refractivity contribution in [2.24, 2.45) is 0 Å². The molecule has 1 heterocycles. The fourth-order valence-corrected chi connectivity index (χ4v) is 4.91. The molecule has 0 saturated heterocycles. The van der Waals surface area contributed by atoms with Crippen LogP contribution in [0.25, 0.3) is 0 Å². The van der Waals surface area contributed by atoms with Crippen molar-refractivity contribution in [2.75, 3.05) is 0 Å². The van der Waals surface area contributed by atoms with Gasteiger partial charge in [-0.3, -0.25) is 4.98 Å². The second kappa shape index (κ2) is 11.1. The highest BCUT2D eigenvalue weighted by atomic mass is 79.9. The molecule has 0 bridgehead atoms. The number of aromatic nitrogens is 1. The third kappa shape index (κ3) is 6.56. The molecule has 0 amide bonds. The Morgan fingerprint density at radius 1 is 1.03 bits per heavy atom. The van der Waals surface area contributed by atoms with Crippen LogP contribution in [0.2, 0.25) is 0 Å². The minimum atomic E-state index is -1.48. The molecule has 6 nitrogen and oxygen atoms in total. The molecule has 1 unspecified atom stereocenters. The highest BCUT2D eigenvalue weighted by Gasteiger charge is 2.19. The first-order valence-electron chi connectivity index (χ1n) is 10.5. The summed E-state index contributed by atoms with van der Waals surface area (Å²) in [5, 5.41) is 29.4. The first-order valence-corrected chi connectivity index (χ1v) is 12.1. The molecule has 3 N–H and O–H groups in total. The highest BCUT2D eigenvalue weighted by molar-refractivity contribution is 9.11. The summed E-state index contributed by atoms with van der Waals surface area (Å²) in [6.45, 7) is 4.03. The number of hydrogen-bond donors (Lipinski definition) is 3. The molecule has 1 aromatic heterocycles. The van der Waals surface area contributed by atoms with E-state index in [1.54, 1.807) is 24.5 Å². The molecular formula is C25H25Br2NO5. The van der Waals surface area contributed by atoms with E-state index in [2.05, 4.69) is 36.8 Å². The molecule has 8 heteroatoms. The van der Waals surface area contributed by atoms with Gasteiger partial charge in [0.2, 0.25) is 0 Å². The van der Waals surface area contributed by atoms with Gasteiger partial charge in [0.25, 0.3) is 0 Å². The predicted molar refractivity (Wildman–Crippen MR) is 133 cm³/mol. The summed E-state index contributed by atoms with van der Waals surface area (Å²) in [5.41, 5.74) is 3.36. The molecule has 33 heavy (non-hydrogen) atoms. The summed E-state index contributed by atoms with van der Waals surface area (Å²) in [4.78, 5) is 15.0. The number of aliphatic hydroxyl groups excluding tert-OH is 1. The standard InChI is InChI=1S/C25H25Br2NO5/c1-14(2)19-13-18(12-17(23(19)30)4-3-15-5-7-28-8-6-15)33-24-20(26)9-16(10-21(24)27)11-22(29)25(31)32/h5-10,12-14,22,29-30H,3-4,11H2,1-2H3,(H,31,32). The molecule has 0 radical (unpaired) electrons. The van der Waals surface area contributed by atoms with Crippen LogP contribution in [0.4, 0.5) is 0 Å². The van der Waals surface area contributed by atoms with Crippen molar-refractivity contribution >= 4 is 37.8 Å². The normalized spacial score (nSPS) is 12.1. The minimum Gasteiger partial charge on any atom is -0.507 e. The fraction of sp³-hybridized carbons (Fsp3) is 0.280. The summed E-state index contributed by atoms with van der Waals surface area (Å²) in [6, 6.07) is 11.0. The Hall–Kier alpha value is -2.42. The van der Waals surface area contributed by atoms with E-state index >= 15 is 0 Å². The number of ether oxygens (including phenoxy) is 1. The van der Waals surface area contributed by atoms with Crippen LogP contribution >= 0.6 is 31.9 Å². The lowest BCUT2D eigenvalue weighted by atomic mass is 9.95. The maximum Gasteiger partial charge on any atom is 0.332 e. The largest absolute Gasteiger partial charge is 0.507 e. The molecule has 0 aliphatic rings. The third-order valence-electron chi connectivity index (χ3n) is 5.24. The van der Waals surface area contributed by atoms with Crippen LogP contribution in [0.3, 0.4) is 0 Å². The van der Waals surface area contributed by atoms with E-state index < -0.39 is 12.1 Å². The predicted octanol–water partition coefficient (Wildman–Crippen LogP) is 6.00. The molecule has 0 saturated carbocycles. The second-order valence-electron chi connectivity index (χ2n) is 8.08. The number of aliphatic hydroxyl groups is 1. The molecule has 0 spiro atoms. The molecule has 0 fully saturated rings. The maximum absolute atomic E-state index is 11.0. The molecular weight excluding hydrogens is 554 g/mol. The van der Waals surface area contributed by atoms with E-state index in [1.165, 1.54) is 0 Å². The number of phenols is 1. The Bertz CT molecular complexity index is 1110. The van der Waals surface area contributed by atoms with Gasteiger partial charge in [0.15, 0.2) is 11.9 Å². The number of phenolic OH excluding ortho intramolecular Hbond substituents is 1. The van der Waals surface area contributed by atoms with Gasteiger partial charge in [-0.15, -0.1) is 0 Å². The van der Waals surface area contributed by atoms with Crippen molar-refractivity contribution in [1.82, 2.24) is 4.98 Å². The highest BCUT2D eigenvalue weighted by Crippen LogP contribution is 2.41. The smallest absolute Gasteiger partial charge is 0.332 e. The number of aryl methyl sites for hydroxylation is 2. The maximum atomic E-state index is 11.0. The molecule has 3 rings (SSSR count). The van der Waals surface area contributed by atoms with Gasteiger partial charge in [-0.05, 0) is 104 Å². The quantitative estimate of drug-likeness (QED) is 0.288. The Morgan fingerprint density at radius 3 is 2.24 bits per heavy atom. The molecule has 174 valence electrons. The van der Waals surface area contributed by atoms with Crippen LogP contribution in [0.5, 0.6) is 17.2 Å². The fourth-order valence-electron chi connectivity index (χ4n) is 3.46. The van der Waals surface area contributed by atoms with E-state index in [0.717, 1.165) is 23.1 Å². The van der Waals surface area contributed by atoms with Gasteiger partial charge < -0.3 is 20.1 Å². The Balaban J connectivity index is 1.89. The van der Waals surface area contributed by atoms with Crippen LogP contribution in [0.15, 0.2) is 57.7 Å². The number of aliphatic carboxylic acids is 1. The van der Waals surface area contributed by atoms with Gasteiger partial charge in [-0.2, -0.15) is 0 Å². The minimum absolute atomic E-state index is 0.0251. The number of pyridine rings is 1. The summed E-state index contributed by atoms with van der Waals surface area (Å²) < 4.78 is 7.42. The number of carboxylic acid groups (broad SMARTS) is 1. The van der Waals surface area contributed by atoms with Crippen molar-refractivity contribution in [3.63, 3.8) is 0 Å². The number of aromatic hydroxyl groups is 1. The molecule has 3 aromatic rings. The average Bonchev–Trinajstić information content (AvgIpc) is 2.76. The number of rotatable bonds is 9. The zero-order valence-electron chi connectivity index (χ0n) is 18.3. The van der Waals surface area contributed by atoms with Crippen molar-refractivity contribution < 1.29 is 24.9 Å². The summed E-state index contributed by atoms with van der Waals surface area (Å²) in [7, 11) is 0. The monoisotopic (exact) mass is 577 g/mol. The third-order valence-corrected chi connectivity index (χ3v) is 6.42. The van der Waals surface area contributed by atoms with E-state index in [9.17, 15) is 15.0 Å². The second-order valence-corrected chi connectivity index (χ2v) is 9.79. The van der Waals surface area contributed by atoms with Crippen LogP contribution in [-0.2, 0) is 24.1 Å². The zero-order valence-corrected chi connectivity index (χ0v) is 21.4. The molecule has 1 atom stereocenters. The Morgan fingerprint density at radius 2 is 1.67 bits per heavy atom. The summed E-state index contributed by atoms with van der Waals surface area (Å²) >= 11 is 6.97. The summed E-state index contributed by atoms with van der Waals surface area (Å²) in [5.74, 6) is 0.208. The van der Waals surface area contributed by atoms with E-state index in [0.29, 0.717) is 32.4 Å². The van der Waals surface area contributed by atoms with Gasteiger partial charge in [0, 0.05) is 24.4 Å². The lowest BCUT2D eigenvalue weighted by Crippen LogP contribution is -2.21. The van der Waals surface area contributed by atoms with Gasteiger partial charge in [0.1, 0.15) is 11.5 Å². The summed E-state index contributed by atoms with van der Waals surface area (Å²) in [6.07, 6.45) is 3.39. The molecule has 0 aliphatic heterocycles. The number of benzene rings is 2. The van der Waals surface area contributed by atoms with Crippen LogP contribution in [-0.4, -0.2) is 32.4 Å². The Labute approximate surface area is 209 Å². The van der Waals surface area contributed by atoms with Gasteiger partial charge >= 0.3 is 5.97 Å². The van der Waals surface area contributed by atoms with Crippen LogP contribution in [0, 0.1) is 0 Å². The number of halogens is 2. The first-order chi connectivity index (χ1) is 15.7. The number of nitrogens with zero attached hydrogens (tertiary/aromatic N) is 1. The molecule has 0 aliphatic carbocycles. The zero-order chi connectivity index (χ0) is 24.1. The Kier molecular flexibility index (Phi) is 8.51. The topological polar surface area (TPSA) is 99.9 Å². The van der Waals surface area contributed by atoms with Gasteiger partial charge in [0.05, 0.1) is 8.95 Å². The van der Waals surface area contributed by atoms with Crippen LogP contribution in [0.1, 0.15) is 42.0 Å². The SMILES string of the molecule is CC(C)c1cc(Oc2c(Br)cc(CC(O)C(=O)O)cc2Br)cc(CCc2ccncc2)c1O. The molecule has 2 aromatic carbocycles. The lowest BCUT2D eigenvalue weighted by molar-refractivity contribution is -0.146. The van der Waals surface area contributed by atoms with Gasteiger partial charge in [-0.25, -0.2) is 4.79 Å². The number of carbonyl (C=O) groups is 1. The van der Waals surface area contributed by atoms with Gasteiger partial charge in [-0.1, -0.05) is 13.8 Å². The van der Waals surface area contributed by atoms with Crippen molar-refractivity contribution in [3.05, 3.63) is 80.0 Å². The van der Waals surface area contributed by atoms with E-state index in [-0.39, 0.29) is 18.1 Å². The van der Waals surface area contributed by atoms with Crippen molar-refractivity contribution in [3.8, 4) is 17.2 Å². The number of carboxylic acids is 1. The van der Waals surface area contributed by atoms with Crippen molar-refractivity contribution in [2.45, 2.75) is 45.1 Å². The van der Waals surface area contributed by atoms with E-state index in [4.69, 9.17) is 9.84 Å². The van der Waals surface area contributed by atoms with Crippen LogP contribution < -0.4 is 4.74 Å². The van der Waals surface area contributed by atoms with E-state index in [1.807, 2.05) is 38.1 Å².